The molecule has 2 atom stereocenters. The topological polar surface area (TPSA) is 84.9 Å². The van der Waals surface area contributed by atoms with E-state index in [1.165, 1.54) is 0 Å². The van der Waals surface area contributed by atoms with E-state index < -0.39 is 24.0 Å². The van der Waals surface area contributed by atoms with Gasteiger partial charge in [0.2, 0.25) is 5.91 Å². The maximum Gasteiger partial charge on any atom is 0.330 e. The van der Waals surface area contributed by atoms with Crippen molar-refractivity contribution in [1.82, 2.24) is 5.32 Å². The van der Waals surface area contributed by atoms with Gasteiger partial charge in [-0.15, -0.1) is 0 Å². The van der Waals surface area contributed by atoms with Crippen molar-refractivity contribution in [2.24, 2.45) is 0 Å². The highest BCUT2D eigenvalue weighted by Gasteiger charge is 2.24. The number of hydrogen-bond donors (Lipinski definition) is 2. The zero-order chi connectivity index (χ0) is 16.5. The fourth-order valence-electron chi connectivity index (χ4n) is 1.71. The molecular formula is C15H20BrNO5. The predicted octanol–water partition coefficient (Wildman–Crippen LogP) is 2.13. The Balaban J connectivity index is 2.61. The first-order chi connectivity index (χ1) is 10.5. The van der Waals surface area contributed by atoms with Crippen LogP contribution in [0.2, 0.25) is 0 Å². The number of hydrogen-bond acceptors (Lipinski definition) is 4. The van der Waals surface area contributed by atoms with Crippen molar-refractivity contribution in [2.75, 3.05) is 19.8 Å². The summed E-state index contributed by atoms with van der Waals surface area (Å²) in [5, 5.41) is 11.8. The molecule has 22 heavy (non-hydrogen) atoms. The lowest BCUT2D eigenvalue weighted by Crippen LogP contribution is -2.40. The van der Waals surface area contributed by atoms with Crippen molar-refractivity contribution in [3.8, 4) is 0 Å². The Morgan fingerprint density at radius 3 is 2.45 bits per heavy atom. The van der Waals surface area contributed by atoms with Crippen molar-refractivity contribution in [2.45, 2.75) is 26.0 Å². The number of nitrogens with one attached hydrogen (secondary N) is 1. The van der Waals surface area contributed by atoms with Gasteiger partial charge < -0.3 is 19.9 Å². The number of carboxylic acids is 1. The minimum absolute atomic E-state index is 0.276. The standard InChI is InChI=1S/C15H20BrNO5/c1-3-21-8-9-22-10(2)14(18)17-13(15(19)20)11-4-6-12(16)7-5-11/h4-7,10,13H,3,8-9H2,1-2H3,(H,17,18)(H,19,20). The van der Waals surface area contributed by atoms with Crippen molar-refractivity contribution < 1.29 is 24.2 Å². The Morgan fingerprint density at radius 1 is 1.27 bits per heavy atom. The monoisotopic (exact) mass is 373 g/mol. The molecule has 0 saturated carbocycles. The van der Waals surface area contributed by atoms with Crippen LogP contribution in [0.15, 0.2) is 28.7 Å². The molecule has 1 rings (SSSR count). The Labute approximate surface area is 137 Å². The van der Waals surface area contributed by atoms with E-state index in [1.807, 2.05) is 6.92 Å². The number of carbonyl (C=O) groups is 2. The third-order valence-corrected chi connectivity index (χ3v) is 3.43. The van der Waals surface area contributed by atoms with Crippen molar-refractivity contribution in [1.29, 1.82) is 0 Å². The second-order valence-electron chi connectivity index (χ2n) is 4.54. The lowest BCUT2D eigenvalue weighted by molar-refractivity contribution is -0.144. The molecule has 0 fully saturated rings. The summed E-state index contributed by atoms with van der Waals surface area (Å²) in [6.07, 6.45) is -0.752. The first-order valence-corrected chi connectivity index (χ1v) is 7.73. The van der Waals surface area contributed by atoms with Crippen LogP contribution in [0.3, 0.4) is 0 Å². The fourth-order valence-corrected chi connectivity index (χ4v) is 1.97. The maximum absolute atomic E-state index is 12.0. The molecule has 0 aliphatic heterocycles. The second-order valence-corrected chi connectivity index (χ2v) is 5.46. The first-order valence-electron chi connectivity index (χ1n) is 6.93. The zero-order valence-electron chi connectivity index (χ0n) is 12.5. The number of amides is 1. The number of carboxylic acid groups (broad SMARTS) is 1. The number of rotatable bonds is 9. The summed E-state index contributed by atoms with van der Waals surface area (Å²) in [6, 6.07) is 5.62. The van der Waals surface area contributed by atoms with Gasteiger partial charge in [-0.1, -0.05) is 28.1 Å². The minimum Gasteiger partial charge on any atom is -0.479 e. The molecule has 2 N–H and O–H groups in total. The summed E-state index contributed by atoms with van der Waals surface area (Å²) >= 11 is 3.28. The average Bonchev–Trinajstić information content (AvgIpc) is 2.49. The number of halogens is 1. The summed E-state index contributed by atoms with van der Waals surface area (Å²) in [4.78, 5) is 23.4. The van der Waals surface area contributed by atoms with E-state index in [4.69, 9.17) is 9.47 Å². The molecule has 0 heterocycles. The molecular weight excluding hydrogens is 354 g/mol. The second kappa shape index (κ2) is 9.55. The van der Waals surface area contributed by atoms with Gasteiger partial charge in [0.1, 0.15) is 6.10 Å². The number of aliphatic carboxylic acids is 1. The highest BCUT2D eigenvalue weighted by atomic mass is 79.9. The van der Waals surface area contributed by atoms with Crippen molar-refractivity contribution in [3.63, 3.8) is 0 Å². The summed E-state index contributed by atoms with van der Waals surface area (Å²) in [5.74, 6) is -1.61. The average molecular weight is 374 g/mol. The largest absolute Gasteiger partial charge is 0.479 e. The molecule has 0 aliphatic rings. The highest BCUT2D eigenvalue weighted by molar-refractivity contribution is 9.10. The molecule has 0 aliphatic carbocycles. The van der Waals surface area contributed by atoms with Crippen LogP contribution in [-0.2, 0) is 19.1 Å². The van der Waals surface area contributed by atoms with Crippen LogP contribution >= 0.6 is 15.9 Å². The normalized spacial score (nSPS) is 13.4. The summed E-state index contributed by atoms with van der Waals surface area (Å²) in [6.45, 7) is 4.68. The van der Waals surface area contributed by atoms with Crippen LogP contribution in [0.5, 0.6) is 0 Å². The van der Waals surface area contributed by atoms with Gasteiger partial charge in [-0.3, -0.25) is 4.79 Å². The fraction of sp³-hybridized carbons (Fsp3) is 0.467. The molecule has 7 heteroatoms. The van der Waals surface area contributed by atoms with Gasteiger partial charge in [0.25, 0.3) is 0 Å². The van der Waals surface area contributed by atoms with Gasteiger partial charge in [-0.05, 0) is 31.5 Å². The SMILES string of the molecule is CCOCCOC(C)C(=O)NC(C(=O)O)c1ccc(Br)cc1. The van der Waals surface area contributed by atoms with Crippen LogP contribution in [0, 0.1) is 0 Å². The van der Waals surface area contributed by atoms with E-state index in [0.29, 0.717) is 18.8 Å². The van der Waals surface area contributed by atoms with Gasteiger partial charge in [-0.2, -0.15) is 0 Å². The lowest BCUT2D eigenvalue weighted by atomic mass is 10.1. The van der Waals surface area contributed by atoms with Gasteiger partial charge >= 0.3 is 5.97 Å². The third-order valence-electron chi connectivity index (χ3n) is 2.91. The van der Waals surface area contributed by atoms with Crippen LogP contribution in [0.25, 0.3) is 0 Å². The maximum atomic E-state index is 12.0. The van der Waals surface area contributed by atoms with E-state index in [1.54, 1.807) is 31.2 Å². The summed E-state index contributed by atoms with van der Waals surface area (Å²) < 4.78 is 11.2. The molecule has 0 aromatic heterocycles. The first kappa shape index (κ1) is 18.6. The lowest BCUT2D eigenvalue weighted by Gasteiger charge is -2.18. The molecule has 0 spiro atoms. The summed E-state index contributed by atoms with van der Waals surface area (Å²) in [5.41, 5.74) is 0.491. The molecule has 1 aromatic carbocycles. The zero-order valence-corrected chi connectivity index (χ0v) is 14.1. The molecule has 0 radical (unpaired) electrons. The van der Waals surface area contributed by atoms with E-state index in [9.17, 15) is 14.7 Å². The Hall–Kier alpha value is -1.44. The van der Waals surface area contributed by atoms with Crippen LogP contribution < -0.4 is 5.32 Å². The number of carbonyl (C=O) groups excluding carboxylic acids is 1. The molecule has 0 saturated heterocycles. The summed E-state index contributed by atoms with van der Waals surface area (Å²) in [7, 11) is 0. The molecule has 1 amide bonds. The quantitative estimate of drug-likeness (QED) is 0.647. The number of benzene rings is 1. The van der Waals surface area contributed by atoms with Crippen molar-refractivity contribution >= 4 is 27.8 Å². The molecule has 0 bridgehead atoms. The van der Waals surface area contributed by atoms with Crippen LogP contribution in [0.1, 0.15) is 25.5 Å². The Kier molecular flexibility index (Phi) is 8.08. The van der Waals surface area contributed by atoms with E-state index in [0.717, 1.165) is 4.47 Å². The third kappa shape index (κ3) is 6.13. The Morgan fingerprint density at radius 2 is 1.91 bits per heavy atom. The highest BCUT2D eigenvalue weighted by Crippen LogP contribution is 2.17. The van der Waals surface area contributed by atoms with E-state index in [-0.39, 0.29) is 6.61 Å². The van der Waals surface area contributed by atoms with Crippen LogP contribution in [0.4, 0.5) is 0 Å². The Bertz CT molecular complexity index is 491. The van der Waals surface area contributed by atoms with Gasteiger partial charge in [-0.25, -0.2) is 4.79 Å². The van der Waals surface area contributed by atoms with Crippen molar-refractivity contribution in [3.05, 3.63) is 34.3 Å². The van der Waals surface area contributed by atoms with Gasteiger partial charge in [0, 0.05) is 11.1 Å². The molecule has 122 valence electrons. The van der Waals surface area contributed by atoms with Gasteiger partial charge in [0.05, 0.1) is 13.2 Å². The smallest absolute Gasteiger partial charge is 0.330 e. The number of ether oxygens (including phenoxy) is 2. The predicted molar refractivity (Wildman–Crippen MR) is 84.6 cm³/mol. The molecule has 2 unspecified atom stereocenters. The molecule has 1 aromatic rings. The van der Waals surface area contributed by atoms with E-state index in [2.05, 4.69) is 21.2 Å². The minimum atomic E-state index is -1.13. The van der Waals surface area contributed by atoms with Gasteiger partial charge in [0.15, 0.2) is 6.04 Å². The van der Waals surface area contributed by atoms with E-state index >= 15 is 0 Å². The van der Waals surface area contributed by atoms with Crippen LogP contribution in [-0.4, -0.2) is 42.9 Å². The molecule has 6 nitrogen and oxygen atoms in total.